The predicted molar refractivity (Wildman–Crippen MR) is 116 cm³/mol. The van der Waals surface area contributed by atoms with Crippen LogP contribution in [0.2, 0.25) is 5.02 Å². The summed E-state index contributed by atoms with van der Waals surface area (Å²) in [6.07, 6.45) is 6.36. The SMILES string of the molecule is Cc1ccc(-c2c(N)nc(N3CCC4(CC[C@H](C)C4)CC3)n(C)c2=O)cc1Cl. The van der Waals surface area contributed by atoms with Crippen LogP contribution in [0.1, 0.15) is 44.6 Å². The van der Waals surface area contributed by atoms with E-state index in [-0.39, 0.29) is 11.4 Å². The van der Waals surface area contributed by atoms with Gasteiger partial charge in [0, 0.05) is 25.2 Å². The summed E-state index contributed by atoms with van der Waals surface area (Å²) in [6, 6.07) is 5.57. The second kappa shape index (κ2) is 7.11. The molecule has 2 N–H and O–H groups in total. The number of benzene rings is 1. The normalized spacial score (nSPS) is 21.4. The van der Waals surface area contributed by atoms with Crippen LogP contribution >= 0.6 is 11.6 Å². The molecule has 6 heteroatoms. The van der Waals surface area contributed by atoms with Crippen molar-refractivity contribution in [3.63, 3.8) is 0 Å². The van der Waals surface area contributed by atoms with Gasteiger partial charge < -0.3 is 10.6 Å². The van der Waals surface area contributed by atoms with Gasteiger partial charge in [-0.05, 0) is 61.1 Å². The van der Waals surface area contributed by atoms with Crippen LogP contribution in [-0.2, 0) is 7.05 Å². The van der Waals surface area contributed by atoms with Gasteiger partial charge in [0.15, 0.2) is 0 Å². The lowest BCUT2D eigenvalue weighted by Crippen LogP contribution is -2.42. The van der Waals surface area contributed by atoms with E-state index in [1.165, 1.54) is 32.1 Å². The number of rotatable bonds is 2. The molecule has 4 rings (SSSR count). The Bertz CT molecular complexity index is 960. The molecule has 1 spiro atoms. The minimum Gasteiger partial charge on any atom is -0.383 e. The third-order valence-corrected chi connectivity index (χ3v) is 7.22. The van der Waals surface area contributed by atoms with E-state index < -0.39 is 0 Å². The molecule has 1 aliphatic heterocycles. The fourth-order valence-electron chi connectivity index (χ4n) is 5.04. The Hall–Kier alpha value is -2.01. The standard InChI is InChI=1S/C22H29ClN4O/c1-14-6-7-22(13-14)8-10-27(11-9-22)21-25-19(24)18(20(28)26(21)3)16-5-4-15(2)17(23)12-16/h4-5,12,14H,6-11,13,24H2,1-3H3/t14-/m0/s1. The first-order valence-electron chi connectivity index (χ1n) is 10.2. The van der Waals surface area contributed by atoms with E-state index in [4.69, 9.17) is 17.3 Å². The van der Waals surface area contributed by atoms with E-state index in [0.29, 0.717) is 27.5 Å². The number of aromatic nitrogens is 2. The first kappa shape index (κ1) is 19.3. The molecule has 150 valence electrons. The summed E-state index contributed by atoms with van der Waals surface area (Å²) < 4.78 is 1.63. The Labute approximate surface area is 171 Å². The summed E-state index contributed by atoms with van der Waals surface area (Å²) in [7, 11) is 1.78. The summed E-state index contributed by atoms with van der Waals surface area (Å²) in [5, 5.41) is 0.621. The van der Waals surface area contributed by atoms with Crippen LogP contribution in [0.25, 0.3) is 11.1 Å². The van der Waals surface area contributed by atoms with Gasteiger partial charge in [0.1, 0.15) is 5.82 Å². The summed E-state index contributed by atoms with van der Waals surface area (Å²) in [5.74, 6) is 1.78. The van der Waals surface area contributed by atoms with Crippen molar-refractivity contribution in [1.29, 1.82) is 0 Å². The first-order chi connectivity index (χ1) is 13.3. The molecule has 1 aromatic heterocycles. The molecule has 0 unspecified atom stereocenters. The molecule has 0 bridgehead atoms. The van der Waals surface area contributed by atoms with E-state index in [2.05, 4.69) is 16.8 Å². The van der Waals surface area contributed by atoms with Crippen molar-refractivity contribution in [2.75, 3.05) is 23.7 Å². The average Bonchev–Trinajstić information content (AvgIpc) is 3.02. The Morgan fingerprint density at radius 3 is 2.57 bits per heavy atom. The molecule has 1 saturated carbocycles. The molecule has 0 amide bonds. The largest absolute Gasteiger partial charge is 0.383 e. The van der Waals surface area contributed by atoms with E-state index in [0.717, 1.165) is 24.6 Å². The number of hydrogen-bond acceptors (Lipinski definition) is 4. The fraction of sp³-hybridized carbons (Fsp3) is 0.545. The minimum absolute atomic E-state index is 0.128. The molecule has 1 saturated heterocycles. The molecule has 1 atom stereocenters. The lowest BCUT2D eigenvalue weighted by atomic mass is 9.76. The number of piperidine rings is 1. The molecule has 2 heterocycles. The molecule has 2 aromatic rings. The van der Waals surface area contributed by atoms with Crippen LogP contribution in [0.15, 0.2) is 23.0 Å². The molecule has 1 aromatic carbocycles. The molecule has 1 aliphatic carbocycles. The van der Waals surface area contributed by atoms with Gasteiger partial charge in [0.05, 0.1) is 5.56 Å². The van der Waals surface area contributed by atoms with Crippen molar-refractivity contribution in [2.45, 2.75) is 46.0 Å². The number of aryl methyl sites for hydroxylation is 1. The van der Waals surface area contributed by atoms with Crippen LogP contribution in [0.5, 0.6) is 0 Å². The minimum atomic E-state index is -0.128. The molecule has 28 heavy (non-hydrogen) atoms. The highest BCUT2D eigenvalue weighted by atomic mass is 35.5. The maximum Gasteiger partial charge on any atom is 0.264 e. The van der Waals surface area contributed by atoms with E-state index in [9.17, 15) is 4.79 Å². The van der Waals surface area contributed by atoms with Crippen molar-refractivity contribution < 1.29 is 0 Å². The summed E-state index contributed by atoms with van der Waals surface area (Å²) >= 11 is 6.25. The molecule has 2 fully saturated rings. The topological polar surface area (TPSA) is 64.2 Å². The third-order valence-electron chi connectivity index (χ3n) is 6.81. The molecular weight excluding hydrogens is 372 g/mol. The van der Waals surface area contributed by atoms with Gasteiger partial charge in [-0.15, -0.1) is 0 Å². The Morgan fingerprint density at radius 1 is 1.25 bits per heavy atom. The lowest BCUT2D eigenvalue weighted by Gasteiger charge is -2.40. The van der Waals surface area contributed by atoms with E-state index in [1.807, 2.05) is 19.1 Å². The van der Waals surface area contributed by atoms with E-state index in [1.54, 1.807) is 17.7 Å². The molecule has 2 aliphatic rings. The number of nitrogens with zero attached hydrogens (tertiary/aromatic N) is 3. The van der Waals surface area contributed by atoms with Crippen molar-refractivity contribution in [1.82, 2.24) is 9.55 Å². The third kappa shape index (κ3) is 3.30. The van der Waals surface area contributed by atoms with Crippen molar-refractivity contribution in [2.24, 2.45) is 18.4 Å². The van der Waals surface area contributed by atoms with Crippen LogP contribution in [0, 0.1) is 18.3 Å². The summed E-state index contributed by atoms with van der Waals surface area (Å²) in [4.78, 5) is 20.0. The molecule has 0 radical (unpaired) electrons. The van der Waals surface area contributed by atoms with Crippen LogP contribution in [0.4, 0.5) is 11.8 Å². The van der Waals surface area contributed by atoms with Gasteiger partial charge in [-0.2, -0.15) is 4.98 Å². The van der Waals surface area contributed by atoms with Gasteiger partial charge in [-0.3, -0.25) is 9.36 Å². The zero-order valence-corrected chi connectivity index (χ0v) is 17.7. The monoisotopic (exact) mass is 400 g/mol. The van der Waals surface area contributed by atoms with E-state index >= 15 is 0 Å². The van der Waals surface area contributed by atoms with Gasteiger partial charge in [-0.1, -0.05) is 37.1 Å². The van der Waals surface area contributed by atoms with Crippen molar-refractivity contribution >= 4 is 23.4 Å². The van der Waals surface area contributed by atoms with Crippen LogP contribution in [0.3, 0.4) is 0 Å². The second-order valence-electron chi connectivity index (χ2n) is 8.84. The van der Waals surface area contributed by atoms with Crippen molar-refractivity contribution in [3.8, 4) is 11.1 Å². The maximum atomic E-state index is 13.1. The lowest BCUT2D eigenvalue weighted by molar-refractivity contribution is 0.217. The smallest absolute Gasteiger partial charge is 0.264 e. The van der Waals surface area contributed by atoms with Gasteiger partial charge in [-0.25, -0.2) is 0 Å². The van der Waals surface area contributed by atoms with Crippen LogP contribution < -0.4 is 16.2 Å². The van der Waals surface area contributed by atoms with Crippen LogP contribution in [-0.4, -0.2) is 22.6 Å². The Morgan fingerprint density at radius 2 is 1.96 bits per heavy atom. The quantitative estimate of drug-likeness (QED) is 0.811. The van der Waals surface area contributed by atoms with Gasteiger partial charge >= 0.3 is 0 Å². The number of hydrogen-bond donors (Lipinski definition) is 1. The fourth-order valence-corrected chi connectivity index (χ4v) is 5.22. The first-order valence-corrected chi connectivity index (χ1v) is 10.6. The Kier molecular flexibility index (Phi) is 4.90. The number of nitrogen functional groups attached to an aromatic ring is 1. The second-order valence-corrected chi connectivity index (χ2v) is 9.24. The number of nitrogens with two attached hydrogens (primary N) is 1. The predicted octanol–water partition coefficient (Wildman–Crippen LogP) is 4.40. The zero-order valence-electron chi connectivity index (χ0n) is 17.0. The van der Waals surface area contributed by atoms with Gasteiger partial charge in [0.2, 0.25) is 5.95 Å². The summed E-state index contributed by atoms with van der Waals surface area (Å²) in [5.41, 5.74) is 8.73. The maximum absolute atomic E-state index is 13.1. The molecular formula is C22H29ClN4O. The number of halogens is 1. The highest BCUT2D eigenvalue weighted by Crippen LogP contribution is 2.49. The number of anilines is 2. The summed E-state index contributed by atoms with van der Waals surface area (Å²) in [6.45, 7) is 6.16. The van der Waals surface area contributed by atoms with Crippen molar-refractivity contribution in [3.05, 3.63) is 39.1 Å². The zero-order chi connectivity index (χ0) is 20.1. The highest BCUT2D eigenvalue weighted by molar-refractivity contribution is 6.31. The average molecular weight is 401 g/mol. The van der Waals surface area contributed by atoms with Gasteiger partial charge in [0.25, 0.3) is 5.56 Å². The Balaban J connectivity index is 1.63. The molecule has 5 nitrogen and oxygen atoms in total. The highest BCUT2D eigenvalue weighted by Gasteiger charge is 2.40.